The van der Waals surface area contributed by atoms with Crippen LogP contribution in [0, 0.1) is 11.8 Å². The number of nitrogens with zero attached hydrogens (tertiary/aromatic N) is 5. The van der Waals surface area contributed by atoms with Crippen molar-refractivity contribution >= 4 is 11.8 Å². The van der Waals surface area contributed by atoms with Crippen LogP contribution in [0.15, 0.2) is 31.0 Å². The lowest BCUT2D eigenvalue weighted by Crippen LogP contribution is -2.33. The van der Waals surface area contributed by atoms with E-state index in [-0.39, 0.29) is 17.7 Å². The standard InChI is InChI=1S/C17H22N6O2/c1-12(2)8-22-9-14(5-16(22)24)17(25)20-7-13-3-4-15(19-6-13)23-11-18-10-21-23/h3-4,6,10-12,14H,5,7-9H2,1-2H3,(H,20,25)/t14-/m1/s1. The summed E-state index contributed by atoms with van der Waals surface area (Å²) in [5.74, 6) is 0.778. The molecule has 0 aliphatic carbocycles. The number of aromatic nitrogens is 4. The van der Waals surface area contributed by atoms with Crippen LogP contribution in [-0.2, 0) is 16.1 Å². The Labute approximate surface area is 146 Å². The lowest BCUT2D eigenvalue weighted by Gasteiger charge is -2.18. The Bertz CT molecular complexity index is 726. The second-order valence-corrected chi connectivity index (χ2v) is 6.68. The molecule has 0 spiro atoms. The van der Waals surface area contributed by atoms with Crippen molar-refractivity contribution in [1.29, 1.82) is 0 Å². The molecule has 1 aliphatic heterocycles. The summed E-state index contributed by atoms with van der Waals surface area (Å²) in [6, 6.07) is 3.70. The number of hydrogen-bond acceptors (Lipinski definition) is 5. The van der Waals surface area contributed by atoms with E-state index in [1.807, 2.05) is 12.1 Å². The molecule has 132 valence electrons. The van der Waals surface area contributed by atoms with Gasteiger partial charge in [-0.05, 0) is 17.5 Å². The summed E-state index contributed by atoms with van der Waals surface area (Å²) in [5.41, 5.74) is 0.889. The quantitative estimate of drug-likeness (QED) is 0.837. The third-order valence-electron chi connectivity index (χ3n) is 4.10. The van der Waals surface area contributed by atoms with Crippen LogP contribution >= 0.6 is 0 Å². The monoisotopic (exact) mass is 342 g/mol. The SMILES string of the molecule is CC(C)CN1C[C@H](C(=O)NCc2ccc(-n3cncn3)nc2)CC1=O. The molecule has 0 saturated carbocycles. The zero-order chi connectivity index (χ0) is 17.8. The van der Waals surface area contributed by atoms with E-state index in [2.05, 4.69) is 34.2 Å². The first-order chi connectivity index (χ1) is 12.0. The van der Waals surface area contributed by atoms with Crippen LogP contribution in [0.4, 0.5) is 0 Å². The summed E-state index contributed by atoms with van der Waals surface area (Å²) >= 11 is 0. The summed E-state index contributed by atoms with van der Waals surface area (Å²) in [4.78, 5) is 34.2. The fraction of sp³-hybridized carbons (Fsp3) is 0.471. The first-order valence-corrected chi connectivity index (χ1v) is 8.38. The molecule has 1 aliphatic rings. The smallest absolute Gasteiger partial charge is 0.225 e. The number of likely N-dealkylation sites (tertiary alicyclic amines) is 1. The van der Waals surface area contributed by atoms with Gasteiger partial charge >= 0.3 is 0 Å². The van der Waals surface area contributed by atoms with Gasteiger partial charge in [0.15, 0.2) is 5.82 Å². The Morgan fingerprint density at radius 1 is 1.40 bits per heavy atom. The van der Waals surface area contributed by atoms with E-state index in [4.69, 9.17) is 0 Å². The first kappa shape index (κ1) is 17.1. The highest BCUT2D eigenvalue weighted by Crippen LogP contribution is 2.19. The molecule has 0 radical (unpaired) electrons. The third kappa shape index (κ3) is 4.20. The highest BCUT2D eigenvalue weighted by atomic mass is 16.2. The average molecular weight is 342 g/mol. The second-order valence-electron chi connectivity index (χ2n) is 6.68. The maximum Gasteiger partial charge on any atom is 0.225 e. The molecule has 1 saturated heterocycles. The number of hydrogen-bond donors (Lipinski definition) is 1. The topological polar surface area (TPSA) is 93.0 Å². The van der Waals surface area contributed by atoms with Gasteiger partial charge in [-0.25, -0.2) is 14.6 Å². The van der Waals surface area contributed by atoms with E-state index in [1.54, 1.807) is 22.1 Å². The molecule has 3 heterocycles. The molecule has 1 N–H and O–H groups in total. The molecule has 2 aromatic rings. The number of pyridine rings is 1. The summed E-state index contributed by atoms with van der Waals surface area (Å²) < 4.78 is 1.57. The van der Waals surface area contributed by atoms with Crippen molar-refractivity contribution in [3.05, 3.63) is 36.5 Å². The zero-order valence-corrected chi connectivity index (χ0v) is 14.4. The highest BCUT2D eigenvalue weighted by molar-refractivity contribution is 5.89. The van der Waals surface area contributed by atoms with Gasteiger partial charge in [-0.3, -0.25) is 9.59 Å². The van der Waals surface area contributed by atoms with Gasteiger partial charge in [-0.2, -0.15) is 5.10 Å². The molecule has 8 heteroatoms. The van der Waals surface area contributed by atoms with Crippen LogP contribution in [0.5, 0.6) is 0 Å². The van der Waals surface area contributed by atoms with E-state index >= 15 is 0 Å². The summed E-state index contributed by atoms with van der Waals surface area (Å²) in [6.07, 6.45) is 5.01. The number of nitrogens with one attached hydrogen (secondary N) is 1. The largest absolute Gasteiger partial charge is 0.352 e. The Morgan fingerprint density at radius 2 is 2.24 bits per heavy atom. The van der Waals surface area contributed by atoms with Crippen molar-refractivity contribution in [2.24, 2.45) is 11.8 Å². The fourth-order valence-electron chi connectivity index (χ4n) is 2.88. The van der Waals surface area contributed by atoms with Crippen LogP contribution in [0.3, 0.4) is 0 Å². The molecule has 2 aromatic heterocycles. The number of amides is 2. The number of carbonyl (C=O) groups excluding carboxylic acids is 2. The Morgan fingerprint density at radius 3 is 2.88 bits per heavy atom. The predicted molar refractivity (Wildman–Crippen MR) is 90.5 cm³/mol. The zero-order valence-electron chi connectivity index (χ0n) is 14.4. The lowest BCUT2D eigenvalue weighted by molar-refractivity contribution is -0.129. The maximum atomic E-state index is 12.3. The average Bonchev–Trinajstić information content (AvgIpc) is 3.23. The first-order valence-electron chi connectivity index (χ1n) is 8.38. The molecule has 25 heavy (non-hydrogen) atoms. The van der Waals surface area contributed by atoms with E-state index in [9.17, 15) is 9.59 Å². The molecule has 0 bridgehead atoms. The van der Waals surface area contributed by atoms with E-state index in [1.165, 1.54) is 6.33 Å². The van der Waals surface area contributed by atoms with Gasteiger partial charge < -0.3 is 10.2 Å². The summed E-state index contributed by atoms with van der Waals surface area (Å²) in [7, 11) is 0. The van der Waals surface area contributed by atoms with Crippen molar-refractivity contribution < 1.29 is 9.59 Å². The number of rotatable bonds is 6. The Kier molecular flexibility index (Phi) is 5.06. The van der Waals surface area contributed by atoms with Gasteiger partial charge in [-0.15, -0.1) is 0 Å². The molecular weight excluding hydrogens is 320 g/mol. The minimum Gasteiger partial charge on any atom is -0.352 e. The van der Waals surface area contributed by atoms with Gasteiger partial charge in [0.2, 0.25) is 11.8 Å². The fourth-order valence-corrected chi connectivity index (χ4v) is 2.88. The molecular formula is C17H22N6O2. The minimum absolute atomic E-state index is 0.0627. The Hall–Kier alpha value is -2.77. The maximum absolute atomic E-state index is 12.3. The van der Waals surface area contributed by atoms with Gasteiger partial charge in [0.1, 0.15) is 12.7 Å². The minimum atomic E-state index is -0.270. The van der Waals surface area contributed by atoms with E-state index in [0.29, 0.717) is 37.8 Å². The highest BCUT2D eigenvalue weighted by Gasteiger charge is 2.34. The van der Waals surface area contributed by atoms with Gasteiger partial charge in [0.25, 0.3) is 0 Å². The Balaban J connectivity index is 1.52. The van der Waals surface area contributed by atoms with E-state index in [0.717, 1.165) is 5.56 Å². The summed E-state index contributed by atoms with van der Waals surface area (Å²) in [5, 5.41) is 6.91. The van der Waals surface area contributed by atoms with Crippen LogP contribution < -0.4 is 5.32 Å². The second kappa shape index (κ2) is 7.42. The van der Waals surface area contributed by atoms with Gasteiger partial charge in [0, 0.05) is 32.3 Å². The molecule has 2 amide bonds. The van der Waals surface area contributed by atoms with Crippen LogP contribution in [-0.4, -0.2) is 49.6 Å². The van der Waals surface area contributed by atoms with Crippen LogP contribution in [0.25, 0.3) is 5.82 Å². The lowest BCUT2D eigenvalue weighted by atomic mass is 10.1. The summed E-state index contributed by atoms with van der Waals surface area (Å²) in [6.45, 7) is 5.73. The normalized spacial score (nSPS) is 17.3. The molecule has 1 fully saturated rings. The third-order valence-corrected chi connectivity index (χ3v) is 4.10. The van der Waals surface area contributed by atoms with Crippen molar-refractivity contribution in [3.63, 3.8) is 0 Å². The van der Waals surface area contributed by atoms with Crippen molar-refractivity contribution in [2.75, 3.05) is 13.1 Å². The van der Waals surface area contributed by atoms with Crippen molar-refractivity contribution in [1.82, 2.24) is 30.0 Å². The molecule has 1 atom stereocenters. The van der Waals surface area contributed by atoms with Crippen molar-refractivity contribution in [2.45, 2.75) is 26.8 Å². The van der Waals surface area contributed by atoms with Gasteiger partial charge in [0.05, 0.1) is 5.92 Å². The predicted octanol–water partition coefficient (Wildman–Crippen LogP) is 0.783. The van der Waals surface area contributed by atoms with Crippen LogP contribution in [0.2, 0.25) is 0 Å². The van der Waals surface area contributed by atoms with E-state index < -0.39 is 0 Å². The molecule has 3 rings (SSSR count). The van der Waals surface area contributed by atoms with Crippen molar-refractivity contribution in [3.8, 4) is 5.82 Å². The van der Waals surface area contributed by atoms with Crippen LogP contribution in [0.1, 0.15) is 25.8 Å². The number of carbonyl (C=O) groups is 2. The molecule has 0 unspecified atom stereocenters. The molecule has 8 nitrogen and oxygen atoms in total. The van der Waals surface area contributed by atoms with Gasteiger partial charge in [-0.1, -0.05) is 19.9 Å². The molecule has 0 aromatic carbocycles.